The number of rotatable bonds is 19. The summed E-state index contributed by atoms with van der Waals surface area (Å²) in [5.41, 5.74) is 7.49. The zero-order valence-corrected chi connectivity index (χ0v) is 31.4. The molecule has 0 aliphatic carbocycles. The van der Waals surface area contributed by atoms with Gasteiger partial charge in [0, 0.05) is 67.6 Å². The lowest BCUT2D eigenvalue weighted by Crippen LogP contribution is -3.02. The van der Waals surface area contributed by atoms with Gasteiger partial charge >= 0.3 is 0 Å². The van der Waals surface area contributed by atoms with Gasteiger partial charge in [-0.2, -0.15) is 0 Å². The van der Waals surface area contributed by atoms with Crippen molar-refractivity contribution in [2.24, 2.45) is 0 Å². The van der Waals surface area contributed by atoms with Crippen LogP contribution in [0.15, 0.2) is 103 Å². The molecule has 1 aromatic heterocycles. The summed E-state index contributed by atoms with van der Waals surface area (Å²) in [7, 11) is 5.63. The highest BCUT2D eigenvalue weighted by atomic mass is 33.1. The summed E-state index contributed by atoms with van der Waals surface area (Å²) in [6, 6.07) is 21.4. The van der Waals surface area contributed by atoms with Crippen molar-refractivity contribution in [1.29, 1.82) is 0 Å². The van der Waals surface area contributed by atoms with Crippen molar-refractivity contribution in [3.63, 3.8) is 0 Å². The zero-order valence-electron chi connectivity index (χ0n) is 29.8. The number of carbonyl (C=O) groups excluding carboxylic acids is 2. The van der Waals surface area contributed by atoms with E-state index in [1.165, 1.54) is 50.5 Å². The smallest absolute Gasteiger partial charge is 0.207 e. The lowest BCUT2D eigenvalue weighted by Gasteiger charge is -2.05. The van der Waals surface area contributed by atoms with Crippen molar-refractivity contribution in [2.45, 2.75) is 53.0 Å². The van der Waals surface area contributed by atoms with Gasteiger partial charge < -0.3 is 15.4 Å². The van der Waals surface area contributed by atoms with Crippen molar-refractivity contribution >= 4 is 52.5 Å². The number of aryl methyl sites for hydroxylation is 3. The minimum absolute atomic E-state index is 0.696. The molecule has 1 unspecified atom stereocenters. The van der Waals surface area contributed by atoms with Gasteiger partial charge in [-0.05, 0) is 50.1 Å². The number of hydrogen-bond acceptors (Lipinski definition) is 5. The topological polar surface area (TPSA) is 66.5 Å². The molecule has 3 N–H and O–H groups in total. The summed E-state index contributed by atoms with van der Waals surface area (Å²) >= 11 is 0. The first kappa shape index (κ1) is 41.5. The van der Waals surface area contributed by atoms with Gasteiger partial charge in [0.1, 0.15) is 19.0 Å². The van der Waals surface area contributed by atoms with Crippen molar-refractivity contribution in [3.05, 3.63) is 131 Å². The molecule has 4 rings (SSSR count). The monoisotopic (exact) mass is 700 g/mol. The maximum absolute atomic E-state index is 10.1. The van der Waals surface area contributed by atoms with Gasteiger partial charge in [0.05, 0.1) is 12.7 Å². The molecule has 0 spiro atoms. The predicted octanol–water partition coefficient (Wildman–Crippen LogP) is 6.87. The van der Waals surface area contributed by atoms with Crippen LogP contribution in [0.2, 0.25) is 0 Å². The molecule has 0 radical (unpaired) electrons. The molecular formula is C41H56N4O2S2+2. The van der Waals surface area contributed by atoms with Crippen molar-refractivity contribution in [3.8, 4) is 0 Å². The third kappa shape index (κ3) is 20.4. The first-order valence-electron chi connectivity index (χ1n) is 17.2. The van der Waals surface area contributed by atoms with E-state index in [4.69, 9.17) is 0 Å². The summed E-state index contributed by atoms with van der Waals surface area (Å²) < 4.78 is 2.22. The van der Waals surface area contributed by atoms with E-state index in [1.807, 2.05) is 17.8 Å². The van der Waals surface area contributed by atoms with E-state index in [0.717, 1.165) is 57.5 Å². The van der Waals surface area contributed by atoms with Crippen LogP contribution >= 0.6 is 21.6 Å². The highest BCUT2D eigenvalue weighted by Crippen LogP contribution is 2.21. The number of allylic oxidation sites excluding steroid dienone is 3. The first-order valence-corrected chi connectivity index (χ1v) is 19.7. The molecule has 0 saturated heterocycles. The average molecular weight is 701 g/mol. The number of nitrogens with zero attached hydrogens (tertiary/aromatic N) is 1. The Balaban J connectivity index is 0.000000275. The van der Waals surface area contributed by atoms with Crippen molar-refractivity contribution < 1.29 is 19.1 Å². The van der Waals surface area contributed by atoms with E-state index in [9.17, 15) is 9.59 Å². The molecule has 6 nitrogen and oxygen atoms in total. The summed E-state index contributed by atoms with van der Waals surface area (Å²) in [5, 5.41) is 5.85. The maximum Gasteiger partial charge on any atom is 0.207 e. The Kier molecular flexibility index (Phi) is 23.0. The van der Waals surface area contributed by atoms with Crippen LogP contribution in [0, 0.1) is 13.8 Å². The highest BCUT2D eigenvalue weighted by molar-refractivity contribution is 8.76. The number of carbonyl (C=O) groups is 2. The molecule has 2 aromatic carbocycles. The molecule has 2 heterocycles. The van der Waals surface area contributed by atoms with Gasteiger partial charge in [0.25, 0.3) is 0 Å². The molecule has 0 saturated carbocycles. The molecule has 0 bridgehead atoms. The summed E-state index contributed by atoms with van der Waals surface area (Å²) in [6.07, 6.45) is 25.1. The maximum atomic E-state index is 10.1. The van der Waals surface area contributed by atoms with E-state index >= 15 is 0 Å². The zero-order chi connectivity index (χ0) is 35.4. The fourth-order valence-electron chi connectivity index (χ4n) is 4.43. The number of pyridine rings is 1. The Morgan fingerprint density at radius 2 is 1.35 bits per heavy atom. The van der Waals surface area contributed by atoms with E-state index < -0.39 is 0 Å². The third-order valence-corrected chi connectivity index (χ3v) is 9.90. The van der Waals surface area contributed by atoms with Crippen molar-refractivity contribution in [2.75, 3.05) is 38.2 Å². The van der Waals surface area contributed by atoms with Crippen LogP contribution in [-0.4, -0.2) is 50.9 Å². The quantitative estimate of drug-likeness (QED) is 0.0552. The largest absolute Gasteiger partial charge is 0.358 e. The molecule has 262 valence electrons. The van der Waals surface area contributed by atoms with Gasteiger partial charge in [-0.1, -0.05) is 106 Å². The van der Waals surface area contributed by atoms with Crippen molar-refractivity contribution in [1.82, 2.24) is 10.6 Å². The fraction of sp³-hybridized carbons (Fsp3) is 0.341. The van der Waals surface area contributed by atoms with Crippen LogP contribution < -0.4 is 20.1 Å². The van der Waals surface area contributed by atoms with Crippen LogP contribution in [0.5, 0.6) is 0 Å². The molecule has 3 aromatic rings. The molecule has 1 amide bonds. The summed E-state index contributed by atoms with van der Waals surface area (Å²) in [4.78, 5) is 21.3. The Morgan fingerprint density at radius 3 is 1.92 bits per heavy atom. The number of benzene rings is 2. The standard InChI is InChI=1S/C18H23N2.C17H20N2O.C6H12OS2/c1-16-4-6-17(7-5-16)8-9-18-10-14-20(15-11-18)13-3-12-19-2;1-15-3-5-16(6-4-15)7-8-17-9-12-19(13-17)11-2-10-18-14-20;1-2-5-8-9-6-3-4-7/h4-11,14-15,19H,3,12-13H2,1-2H3;3-9,12-14H,2,10-11H2,1H3,(H,18,20);4H,2-3,5-6H2,1H3/q+1;;/p+1/b9-8+;8-7+;. The average Bonchev–Trinajstić information content (AvgIpc) is 3.58. The second-order valence-corrected chi connectivity index (χ2v) is 14.3. The lowest BCUT2D eigenvalue weighted by molar-refractivity contribution is -0.787. The number of quaternary nitrogens is 1. The molecule has 8 heteroatoms. The molecule has 1 aliphatic heterocycles. The van der Waals surface area contributed by atoms with Gasteiger partial charge in [-0.25, -0.2) is 4.57 Å². The Labute approximate surface area is 303 Å². The Morgan fingerprint density at radius 1 is 0.755 bits per heavy atom. The lowest BCUT2D eigenvalue weighted by atomic mass is 10.1. The number of aldehydes is 1. The van der Waals surface area contributed by atoms with Crippen LogP contribution in [0.25, 0.3) is 18.2 Å². The van der Waals surface area contributed by atoms with Gasteiger partial charge in [0.15, 0.2) is 12.4 Å². The number of aromatic nitrogens is 1. The molecule has 1 atom stereocenters. The van der Waals surface area contributed by atoms with Crippen LogP contribution in [-0.2, 0) is 16.1 Å². The molecule has 0 fully saturated rings. The SMILES string of the molecule is CCCSSCCC=O.CNCCC[n+]1ccc(/C=C/c2ccc(C)cc2)cc1.Cc1ccc(/C=C/C2=C[NH+](CCCNC=O)C=C2)cc1. The van der Waals surface area contributed by atoms with E-state index in [1.54, 1.807) is 10.8 Å². The second-order valence-electron chi connectivity index (χ2n) is 11.6. The molecule has 1 aliphatic rings. The Bertz CT molecular complexity index is 1430. The van der Waals surface area contributed by atoms with Gasteiger partial charge in [-0.3, -0.25) is 9.69 Å². The van der Waals surface area contributed by atoms with E-state index in [-0.39, 0.29) is 0 Å². The van der Waals surface area contributed by atoms with Crippen LogP contribution in [0.4, 0.5) is 0 Å². The third-order valence-electron chi connectivity index (χ3n) is 7.25. The summed E-state index contributed by atoms with van der Waals surface area (Å²) in [5.74, 6) is 2.16. The first-order chi connectivity index (χ1) is 24.0. The normalized spacial score (nSPS) is 13.4. The fourth-order valence-corrected chi connectivity index (χ4v) is 6.52. The number of hydrogen-bond donors (Lipinski definition) is 3. The van der Waals surface area contributed by atoms with Gasteiger partial charge in [-0.15, -0.1) is 0 Å². The predicted molar refractivity (Wildman–Crippen MR) is 213 cm³/mol. The minimum Gasteiger partial charge on any atom is -0.358 e. The van der Waals surface area contributed by atoms with E-state index in [0.29, 0.717) is 6.42 Å². The highest BCUT2D eigenvalue weighted by Gasteiger charge is 2.08. The molecule has 49 heavy (non-hydrogen) atoms. The number of nitrogens with one attached hydrogen (secondary N) is 3. The molecular weight excluding hydrogens is 645 g/mol. The van der Waals surface area contributed by atoms with Crippen LogP contribution in [0.3, 0.4) is 0 Å². The van der Waals surface area contributed by atoms with E-state index in [2.05, 4.69) is 152 Å². The summed E-state index contributed by atoms with van der Waals surface area (Å²) in [6.45, 7) is 10.2. The number of amides is 1. The van der Waals surface area contributed by atoms with Crippen LogP contribution in [0.1, 0.15) is 60.4 Å². The van der Waals surface area contributed by atoms with Gasteiger partial charge in [0.2, 0.25) is 6.41 Å². The Hall–Kier alpha value is -3.69. The second kappa shape index (κ2) is 27.2. The minimum atomic E-state index is 0.696.